The Balaban J connectivity index is 2.56. The average Bonchev–Trinajstić information content (AvgIpc) is 2.60. The van der Waals surface area contributed by atoms with Crippen molar-refractivity contribution in [3.63, 3.8) is 0 Å². The van der Waals surface area contributed by atoms with Gasteiger partial charge in [0, 0.05) is 23.2 Å². The highest BCUT2D eigenvalue weighted by Crippen LogP contribution is 2.25. The molecule has 0 aliphatic rings. The molecule has 0 saturated heterocycles. The van der Waals surface area contributed by atoms with Crippen molar-refractivity contribution in [2.45, 2.75) is 33.2 Å². The zero-order valence-electron chi connectivity index (χ0n) is 9.96. The second kappa shape index (κ2) is 6.51. The van der Waals surface area contributed by atoms with Gasteiger partial charge in [-0.2, -0.15) is 11.8 Å². The van der Waals surface area contributed by atoms with Crippen LogP contribution < -0.4 is 5.32 Å². The van der Waals surface area contributed by atoms with Crippen LogP contribution in [0.1, 0.15) is 35.5 Å². The lowest BCUT2D eigenvalue weighted by atomic mass is 10.2. The predicted molar refractivity (Wildman–Crippen MR) is 71.0 cm³/mol. The van der Waals surface area contributed by atoms with Gasteiger partial charge in [-0.05, 0) is 26.5 Å². The van der Waals surface area contributed by atoms with E-state index in [0.29, 0.717) is 6.04 Å². The van der Waals surface area contributed by atoms with Crippen LogP contribution in [0.3, 0.4) is 0 Å². The zero-order valence-corrected chi connectivity index (χ0v) is 11.6. The molecule has 2 nitrogen and oxygen atoms in total. The molecule has 1 rings (SSSR count). The van der Waals surface area contributed by atoms with Gasteiger partial charge in [0.15, 0.2) is 0 Å². The minimum absolute atomic E-state index is 0.440. The number of nitrogens with one attached hydrogen (secondary N) is 1. The highest BCUT2D eigenvalue weighted by atomic mass is 32.2. The molecule has 0 radical (unpaired) electrons. The maximum absolute atomic E-state index is 4.55. The number of aromatic nitrogens is 1. The monoisotopic (exact) mass is 244 g/mol. The van der Waals surface area contributed by atoms with Gasteiger partial charge in [0.25, 0.3) is 0 Å². The summed E-state index contributed by atoms with van der Waals surface area (Å²) in [6, 6.07) is 0.440. The van der Waals surface area contributed by atoms with E-state index in [2.05, 4.69) is 37.3 Å². The molecular weight excluding hydrogens is 224 g/mol. The third-order valence-electron chi connectivity index (χ3n) is 2.33. The van der Waals surface area contributed by atoms with Crippen LogP contribution in [0.5, 0.6) is 0 Å². The molecular formula is C11H20N2S2. The lowest BCUT2D eigenvalue weighted by Gasteiger charge is -2.11. The molecule has 0 amide bonds. The minimum Gasteiger partial charge on any atom is -0.309 e. The minimum atomic E-state index is 0.440. The molecule has 1 atom stereocenters. The number of rotatable bonds is 6. The number of hydrogen-bond donors (Lipinski definition) is 1. The van der Waals surface area contributed by atoms with E-state index in [4.69, 9.17) is 0 Å². The van der Waals surface area contributed by atoms with E-state index >= 15 is 0 Å². The molecule has 1 N–H and O–H groups in total. The van der Waals surface area contributed by atoms with Crippen molar-refractivity contribution in [1.29, 1.82) is 0 Å². The fourth-order valence-electron chi connectivity index (χ4n) is 1.49. The Hall–Kier alpha value is -0.0600. The Labute approximate surface area is 101 Å². The molecule has 15 heavy (non-hydrogen) atoms. The van der Waals surface area contributed by atoms with Gasteiger partial charge < -0.3 is 5.32 Å². The van der Waals surface area contributed by atoms with Crippen LogP contribution in [0.2, 0.25) is 0 Å². The predicted octanol–water partition coefficient (Wildman–Crippen LogP) is 3.03. The van der Waals surface area contributed by atoms with Gasteiger partial charge in [-0.1, -0.05) is 6.92 Å². The highest BCUT2D eigenvalue weighted by Gasteiger charge is 2.12. The van der Waals surface area contributed by atoms with E-state index in [-0.39, 0.29) is 0 Å². The number of nitrogens with zero attached hydrogens (tertiary/aromatic N) is 1. The molecule has 1 heterocycles. The normalized spacial score (nSPS) is 13.1. The molecule has 0 aliphatic carbocycles. The van der Waals surface area contributed by atoms with Crippen molar-refractivity contribution in [1.82, 2.24) is 10.3 Å². The van der Waals surface area contributed by atoms with Crippen molar-refractivity contribution in [3.05, 3.63) is 15.6 Å². The SMILES string of the molecule is CCc1nc(C)c(C(C)NCCSC)s1. The van der Waals surface area contributed by atoms with E-state index in [1.807, 2.05) is 23.1 Å². The first kappa shape index (κ1) is 13.0. The standard InChI is InChI=1S/C11H20N2S2/c1-5-10-13-9(3)11(15-10)8(2)12-6-7-14-4/h8,12H,5-7H2,1-4H3. The molecule has 0 fully saturated rings. The second-order valence-electron chi connectivity index (χ2n) is 3.58. The Bertz CT molecular complexity index is 297. The molecule has 1 aromatic heterocycles. The van der Waals surface area contributed by atoms with Crippen LogP contribution in [-0.2, 0) is 6.42 Å². The summed E-state index contributed by atoms with van der Waals surface area (Å²) in [5, 5.41) is 4.78. The summed E-state index contributed by atoms with van der Waals surface area (Å²) in [6.07, 6.45) is 3.18. The van der Waals surface area contributed by atoms with E-state index in [0.717, 1.165) is 13.0 Å². The first-order chi connectivity index (χ1) is 7.19. The van der Waals surface area contributed by atoms with Crippen molar-refractivity contribution >= 4 is 23.1 Å². The average molecular weight is 244 g/mol. The Morgan fingerprint density at radius 3 is 2.80 bits per heavy atom. The quantitative estimate of drug-likeness (QED) is 0.779. The molecule has 0 bridgehead atoms. The van der Waals surface area contributed by atoms with Crippen molar-refractivity contribution < 1.29 is 0 Å². The molecule has 0 aromatic carbocycles. The van der Waals surface area contributed by atoms with Crippen molar-refractivity contribution in [2.24, 2.45) is 0 Å². The fraction of sp³-hybridized carbons (Fsp3) is 0.727. The van der Waals surface area contributed by atoms with E-state index in [1.165, 1.54) is 21.3 Å². The van der Waals surface area contributed by atoms with Crippen LogP contribution in [0, 0.1) is 6.92 Å². The molecule has 0 saturated carbocycles. The maximum Gasteiger partial charge on any atom is 0.0928 e. The number of hydrogen-bond acceptors (Lipinski definition) is 4. The summed E-state index contributed by atoms with van der Waals surface area (Å²) >= 11 is 3.72. The molecule has 86 valence electrons. The van der Waals surface area contributed by atoms with Crippen LogP contribution in [-0.4, -0.2) is 23.5 Å². The van der Waals surface area contributed by atoms with Crippen molar-refractivity contribution in [2.75, 3.05) is 18.6 Å². The van der Waals surface area contributed by atoms with Crippen LogP contribution in [0.4, 0.5) is 0 Å². The molecule has 0 spiro atoms. The van der Waals surface area contributed by atoms with E-state index in [9.17, 15) is 0 Å². The van der Waals surface area contributed by atoms with Gasteiger partial charge >= 0.3 is 0 Å². The Morgan fingerprint density at radius 1 is 1.53 bits per heavy atom. The maximum atomic E-state index is 4.55. The smallest absolute Gasteiger partial charge is 0.0928 e. The summed E-state index contributed by atoms with van der Waals surface area (Å²) in [7, 11) is 0. The van der Waals surface area contributed by atoms with Crippen LogP contribution in [0.25, 0.3) is 0 Å². The molecule has 1 unspecified atom stereocenters. The van der Waals surface area contributed by atoms with Gasteiger partial charge in [0.2, 0.25) is 0 Å². The molecule has 1 aromatic rings. The topological polar surface area (TPSA) is 24.9 Å². The van der Waals surface area contributed by atoms with Crippen molar-refractivity contribution in [3.8, 4) is 0 Å². The highest BCUT2D eigenvalue weighted by molar-refractivity contribution is 7.98. The number of aryl methyl sites for hydroxylation is 2. The van der Waals surface area contributed by atoms with Gasteiger partial charge in [0.05, 0.1) is 10.7 Å². The first-order valence-electron chi connectivity index (χ1n) is 5.37. The molecule has 4 heteroatoms. The second-order valence-corrected chi connectivity index (χ2v) is 5.68. The Morgan fingerprint density at radius 2 is 2.27 bits per heavy atom. The largest absolute Gasteiger partial charge is 0.309 e. The summed E-state index contributed by atoms with van der Waals surface area (Å²) < 4.78 is 0. The summed E-state index contributed by atoms with van der Waals surface area (Å²) in [4.78, 5) is 5.95. The van der Waals surface area contributed by atoms with Gasteiger partial charge in [0.1, 0.15) is 0 Å². The zero-order chi connectivity index (χ0) is 11.3. The summed E-state index contributed by atoms with van der Waals surface area (Å²) in [6.45, 7) is 7.56. The van der Waals surface area contributed by atoms with Crippen LogP contribution >= 0.6 is 23.1 Å². The van der Waals surface area contributed by atoms with Gasteiger partial charge in [-0.15, -0.1) is 11.3 Å². The van der Waals surface area contributed by atoms with Gasteiger partial charge in [-0.3, -0.25) is 0 Å². The third-order valence-corrected chi connectivity index (χ3v) is 4.43. The Kier molecular flexibility index (Phi) is 5.64. The molecule has 0 aliphatic heterocycles. The fourth-order valence-corrected chi connectivity index (χ4v) is 2.85. The lowest BCUT2D eigenvalue weighted by molar-refractivity contribution is 0.606. The number of thiazole rings is 1. The summed E-state index contributed by atoms with van der Waals surface area (Å²) in [5.74, 6) is 1.17. The van der Waals surface area contributed by atoms with Gasteiger partial charge in [-0.25, -0.2) is 4.98 Å². The summed E-state index contributed by atoms with van der Waals surface area (Å²) in [5.41, 5.74) is 1.20. The van der Waals surface area contributed by atoms with Crippen LogP contribution in [0.15, 0.2) is 0 Å². The van der Waals surface area contributed by atoms with E-state index < -0.39 is 0 Å². The third kappa shape index (κ3) is 3.78. The lowest BCUT2D eigenvalue weighted by Crippen LogP contribution is -2.21. The van der Waals surface area contributed by atoms with E-state index in [1.54, 1.807) is 0 Å². The number of thioether (sulfide) groups is 1. The first-order valence-corrected chi connectivity index (χ1v) is 7.58.